The van der Waals surface area contributed by atoms with E-state index in [-0.39, 0.29) is 6.03 Å². The lowest BCUT2D eigenvalue weighted by Crippen LogP contribution is -2.36. The highest BCUT2D eigenvalue weighted by Gasteiger charge is 2.01. The summed E-state index contributed by atoms with van der Waals surface area (Å²) in [6.45, 7) is 1.01. The molecule has 8 heteroatoms. The predicted octanol–water partition coefficient (Wildman–Crippen LogP) is -0.393. The third kappa shape index (κ3) is 2.80. The lowest BCUT2D eigenvalue weighted by Gasteiger charge is -2.11. The van der Waals surface area contributed by atoms with Crippen molar-refractivity contribution in [2.75, 3.05) is 20.6 Å². The highest BCUT2D eigenvalue weighted by Crippen LogP contribution is 1.82. The Morgan fingerprint density at radius 2 is 2.43 bits per heavy atom. The quantitative estimate of drug-likeness (QED) is 0.674. The molecule has 1 aromatic heterocycles. The van der Waals surface area contributed by atoms with Crippen molar-refractivity contribution in [2.24, 2.45) is 0 Å². The minimum atomic E-state index is -0.135. The molecule has 7 nitrogen and oxygen atoms in total. The highest BCUT2D eigenvalue weighted by atomic mass is 32.1. The predicted molar refractivity (Wildman–Crippen MR) is 52.3 cm³/mol. The van der Waals surface area contributed by atoms with Crippen molar-refractivity contribution in [1.82, 2.24) is 30.4 Å². The Hall–Kier alpha value is -1.44. The van der Waals surface area contributed by atoms with Crippen LogP contribution >= 0.6 is 12.2 Å². The second kappa shape index (κ2) is 4.70. The molecular weight excluding hydrogens is 204 g/mol. The van der Waals surface area contributed by atoms with Crippen molar-refractivity contribution in [2.45, 2.75) is 6.54 Å². The van der Waals surface area contributed by atoms with Crippen molar-refractivity contribution in [3.05, 3.63) is 4.77 Å². The molecule has 1 rings (SSSR count). The molecule has 0 atom stereocenters. The first-order chi connectivity index (χ1) is 6.61. The van der Waals surface area contributed by atoms with Gasteiger partial charge in [-0.25, -0.2) is 9.48 Å². The molecule has 2 N–H and O–H groups in total. The second-order valence-corrected chi connectivity index (χ2v) is 3.23. The zero-order valence-corrected chi connectivity index (χ0v) is 8.84. The van der Waals surface area contributed by atoms with E-state index in [1.807, 2.05) is 0 Å². The Morgan fingerprint density at radius 1 is 1.71 bits per heavy atom. The maximum absolute atomic E-state index is 11.1. The molecule has 78 valence electrons. The summed E-state index contributed by atoms with van der Waals surface area (Å²) >= 11 is 4.85. The maximum Gasteiger partial charge on any atom is 0.316 e. The molecule has 1 heterocycles. The van der Waals surface area contributed by atoms with E-state index in [1.54, 1.807) is 18.8 Å². The van der Waals surface area contributed by atoms with Crippen LogP contribution in [-0.2, 0) is 6.54 Å². The topological polar surface area (TPSA) is 78.8 Å². The summed E-state index contributed by atoms with van der Waals surface area (Å²) in [5, 5.41) is 12.4. The van der Waals surface area contributed by atoms with E-state index in [0.717, 1.165) is 0 Å². The maximum atomic E-state index is 11.1. The minimum Gasteiger partial charge on any atom is -0.336 e. The molecule has 0 spiro atoms. The SMILES string of the molecule is CN(C)C(=O)NCCn1[nH]nnc1=S. The summed E-state index contributed by atoms with van der Waals surface area (Å²) in [6.07, 6.45) is 0. The normalized spacial score (nSPS) is 9.86. The Morgan fingerprint density at radius 3 is 2.93 bits per heavy atom. The summed E-state index contributed by atoms with van der Waals surface area (Å²) in [6, 6.07) is -0.135. The van der Waals surface area contributed by atoms with E-state index >= 15 is 0 Å². The Bertz CT molecular complexity index is 355. The zero-order chi connectivity index (χ0) is 10.6. The zero-order valence-electron chi connectivity index (χ0n) is 8.02. The molecule has 0 aliphatic heterocycles. The van der Waals surface area contributed by atoms with E-state index in [4.69, 9.17) is 12.2 Å². The molecule has 0 bridgehead atoms. The first-order valence-electron chi connectivity index (χ1n) is 4.04. The molecule has 0 saturated heterocycles. The molecule has 0 fully saturated rings. The van der Waals surface area contributed by atoms with Crippen LogP contribution in [-0.4, -0.2) is 51.8 Å². The number of urea groups is 1. The Labute approximate surface area is 86.1 Å². The second-order valence-electron chi connectivity index (χ2n) is 2.86. The summed E-state index contributed by atoms with van der Waals surface area (Å²) in [7, 11) is 3.36. The van der Waals surface area contributed by atoms with Gasteiger partial charge in [-0.15, -0.1) is 0 Å². The van der Waals surface area contributed by atoms with Gasteiger partial charge in [0.1, 0.15) is 0 Å². The van der Waals surface area contributed by atoms with E-state index in [1.165, 1.54) is 4.90 Å². The molecule has 0 radical (unpaired) electrons. The molecule has 0 aliphatic rings. The van der Waals surface area contributed by atoms with Gasteiger partial charge in [0.15, 0.2) is 0 Å². The molecule has 0 aliphatic carbocycles. The van der Waals surface area contributed by atoms with Crippen molar-refractivity contribution in [1.29, 1.82) is 0 Å². The van der Waals surface area contributed by atoms with Crippen molar-refractivity contribution >= 4 is 18.2 Å². The monoisotopic (exact) mass is 216 g/mol. The van der Waals surface area contributed by atoms with Gasteiger partial charge in [-0.2, -0.15) is 5.21 Å². The number of rotatable bonds is 3. The fourth-order valence-electron chi connectivity index (χ4n) is 0.794. The van der Waals surface area contributed by atoms with Crippen LogP contribution in [0.3, 0.4) is 0 Å². The molecular formula is C6H12N6OS. The molecule has 14 heavy (non-hydrogen) atoms. The van der Waals surface area contributed by atoms with Crippen LogP contribution in [0.2, 0.25) is 0 Å². The van der Waals surface area contributed by atoms with Gasteiger partial charge in [0.2, 0.25) is 4.77 Å². The number of H-pyrrole nitrogens is 1. The summed E-state index contributed by atoms with van der Waals surface area (Å²) in [5.74, 6) is 0. The van der Waals surface area contributed by atoms with Crippen molar-refractivity contribution < 1.29 is 4.79 Å². The number of nitrogens with one attached hydrogen (secondary N) is 2. The van der Waals surface area contributed by atoms with Gasteiger partial charge in [-0.05, 0) is 12.2 Å². The van der Waals surface area contributed by atoms with Gasteiger partial charge in [0, 0.05) is 20.6 Å². The largest absolute Gasteiger partial charge is 0.336 e. The molecule has 1 aromatic rings. The lowest BCUT2D eigenvalue weighted by atomic mass is 10.6. The number of nitrogens with zero attached hydrogens (tertiary/aromatic N) is 4. The van der Waals surface area contributed by atoms with Crippen molar-refractivity contribution in [3.8, 4) is 0 Å². The standard InChI is InChI=1S/C6H12N6OS/c1-11(2)5(13)7-3-4-12-6(14)8-9-10-12/h3-4H2,1-2H3,(H,7,13)(H,8,10,14). The van der Waals surface area contributed by atoms with Gasteiger partial charge in [-0.1, -0.05) is 10.3 Å². The minimum absolute atomic E-state index is 0.135. The molecule has 2 amide bonds. The van der Waals surface area contributed by atoms with Crippen LogP contribution in [0.5, 0.6) is 0 Å². The van der Waals surface area contributed by atoms with Crippen LogP contribution in [0.15, 0.2) is 0 Å². The third-order valence-corrected chi connectivity index (χ3v) is 1.85. The van der Waals surface area contributed by atoms with Gasteiger partial charge in [0.05, 0.1) is 6.54 Å². The number of hydrogen-bond donors (Lipinski definition) is 2. The molecule has 0 saturated carbocycles. The van der Waals surface area contributed by atoms with E-state index in [9.17, 15) is 4.79 Å². The number of carbonyl (C=O) groups is 1. The van der Waals surface area contributed by atoms with Crippen LogP contribution < -0.4 is 5.32 Å². The average molecular weight is 216 g/mol. The summed E-state index contributed by atoms with van der Waals surface area (Å²) in [4.78, 5) is 12.6. The van der Waals surface area contributed by atoms with Gasteiger partial charge in [-0.3, -0.25) is 0 Å². The number of aromatic nitrogens is 4. The number of amides is 2. The fraction of sp³-hybridized carbons (Fsp3) is 0.667. The number of aromatic amines is 1. The highest BCUT2D eigenvalue weighted by molar-refractivity contribution is 7.71. The first kappa shape index (κ1) is 10.6. The van der Waals surface area contributed by atoms with Gasteiger partial charge >= 0.3 is 6.03 Å². The average Bonchev–Trinajstić information content (AvgIpc) is 2.51. The number of carbonyl (C=O) groups excluding carboxylic acids is 1. The fourth-order valence-corrected chi connectivity index (χ4v) is 0.967. The van der Waals surface area contributed by atoms with E-state index < -0.39 is 0 Å². The molecule has 0 aromatic carbocycles. The molecule has 0 unspecified atom stereocenters. The lowest BCUT2D eigenvalue weighted by molar-refractivity contribution is 0.217. The van der Waals surface area contributed by atoms with Crippen molar-refractivity contribution in [3.63, 3.8) is 0 Å². The summed E-state index contributed by atoms with van der Waals surface area (Å²) < 4.78 is 1.95. The van der Waals surface area contributed by atoms with Gasteiger partial charge < -0.3 is 10.2 Å². The number of tetrazole rings is 1. The third-order valence-electron chi connectivity index (χ3n) is 1.55. The van der Waals surface area contributed by atoms with Gasteiger partial charge in [0.25, 0.3) is 0 Å². The first-order valence-corrected chi connectivity index (χ1v) is 4.45. The van der Waals surface area contributed by atoms with Crippen LogP contribution in [0, 0.1) is 4.77 Å². The van der Waals surface area contributed by atoms with E-state index in [2.05, 4.69) is 20.8 Å². The van der Waals surface area contributed by atoms with Crippen LogP contribution in [0.1, 0.15) is 0 Å². The summed E-state index contributed by atoms with van der Waals surface area (Å²) in [5.41, 5.74) is 0. The van der Waals surface area contributed by atoms with E-state index in [0.29, 0.717) is 17.9 Å². The Kier molecular flexibility index (Phi) is 3.57. The van der Waals surface area contributed by atoms with Crippen LogP contribution in [0.4, 0.5) is 4.79 Å². The smallest absolute Gasteiger partial charge is 0.316 e. The van der Waals surface area contributed by atoms with Crippen LogP contribution in [0.25, 0.3) is 0 Å². The number of hydrogen-bond acceptors (Lipinski definition) is 4. The Balaban J connectivity index is 2.33.